The first-order valence-electron chi connectivity index (χ1n) is 7.82. The molecule has 0 unspecified atom stereocenters. The first-order valence-corrected chi connectivity index (χ1v) is 7.82. The standard InChI is InChI=1S/C20H20O3/c1-15-18(12-13-22-14-16-8-4-2-5-9-16)19(23-20(15)21)17-10-6-3-7-11-17/h2-11,18-19H,1,12-14H2/t18-,19-/m1/s1. The van der Waals surface area contributed by atoms with Crippen molar-refractivity contribution in [1.29, 1.82) is 0 Å². The normalized spacial score (nSPS) is 20.5. The molecule has 0 saturated carbocycles. The van der Waals surface area contributed by atoms with E-state index in [-0.39, 0.29) is 18.0 Å². The topological polar surface area (TPSA) is 35.5 Å². The highest BCUT2D eigenvalue weighted by molar-refractivity contribution is 5.90. The second kappa shape index (κ2) is 7.25. The van der Waals surface area contributed by atoms with E-state index >= 15 is 0 Å². The Morgan fingerprint density at radius 3 is 2.35 bits per heavy atom. The van der Waals surface area contributed by atoms with E-state index in [0.717, 1.165) is 17.5 Å². The number of cyclic esters (lactones) is 1. The fourth-order valence-electron chi connectivity index (χ4n) is 2.85. The van der Waals surface area contributed by atoms with Crippen molar-refractivity contribution in [3.05, 3.63) is 83.9 Å². The van der Waals surface area contributed by atoms with Gasteiger partial charge in [-0.1, -0.05) is 67.2 Å². The van der Waals surface area contributed by atoms with Crippen LogP contribution in [0.3, 0.4) is 0 Å². The SMILES string of the molecule is C=C1C(=O)O[C@H](c2ccccc2)[C@@H]1CCOCc1ccccc1. The maximum Gasteiger partial charge on any atom is 0.334 e. The highest BCUT2D eigenvalue weighted by Crippen LogP contribution is 2.40. The Morgan fingerprint density at radius 2 is 1.65 bits per heavy atom. The van der Waals surface area contributed by atoms with Gasteiger partial charge < -0.3 is 9.47 Å². The number of hydrogen-bond acceptors (Lipinski definition) is 3. The molecule has 0 radical (unpaired) electrons. The molecule has 0 spiro atoms. The van der Waals surface area contributed by atoms with E-state index in [4.69, 9.17) is 9.47 Å². The fourth-order valence-corrected chi connectivity index (χ4v) is 2.85. The van der Waals surface area contributed by atoms with Crippen molar-refractivity contribution in [1.82, 2.24) is 0 Å². The summed E-state index contributed by atoms with van der Waals surface area (Å²) in [7, 11) is 0. The van der Waals surface area contributed by atoms with E-state index in [0.29, 0.717) is 18.8 Å². The Morgan fingerprint density at radius 1 is 1.00 bits per heavy atom. The third kappa shape index (κ3) is 3.69. The van der Waals surface area contributed by atoms with Gasteiger partial charge in [0.05, 0.1) is 6.61 Å². The molecular formula is C20H20O3. The Hall–Kier alpha value is -2.39. The lowest BCUT2D eigenvalue weighted by atomic mass is 9.90. The van der Waals surface area contributed by atoms with Crippen LogP contribution in [0.1, 0.15) is 23.7 Å². The van der Waals surface area contributed by atoms with E-state index in [1.54, 1.807) is 0 Å². The van der Waals surface area contributed by atoms with Gasteiger partial charge >= 0.3 is 5.97 Å². The highest BCUT2D eigenvalue weighted by Gasteiger charge is 2.39. The monoisotopic (exact) mass is 308 g/mol. The summed E-state index contributed by atoms with van der Waals surface area (Å²) in [4.78, 5) is 11.9. The molecule has 23 heavy (non-hydrogen) atoms. The first kappa shape index (κ1) is 15.5. The van der Waals surface area contributed by atoms with Crippen LogP contribution in [0.5, 0.6) is 0 Å². The number of carbonyl (C=O) groups excluding carboxylic acids is 1. The molecule has 2 atom stereocenters. The smallest absolute Gasteiger partial charge is 0.334 e. The molecule has 2 aromatic carbocycles. The Bertz CT molecular complexity index is 664. The molecule has 1 aliphatic rings. The molecule has 118 valence electrons. The molecule has 1 saturated heterocycles. The van der Waals surface area contributed by atoms with Gasteiger partial charge in [-0.25, -0.2) is 4.79 Å². The zero-order valence-corrected chi connectivity index (χ0v) is 13.0. The molecule has 3 nitrogen and oxygen atoms in total. The second-order valence-corrected chi connectivity index (χ2v) is 5.70. The first-order chi connectivity index (χ1) is 11.3. The summed E-state index contributed by atoms with van der Waals surface area (Å²) in [6.07, 6.45) is 0.466. The summed E-state index contributed by atoms with van der Waals surface area (Å²) >= 11 is 0. The van der Waals surface area contributed by atoms with E-state index in [9.17, 15) is 4.79 Å². The molecule has 0 N–H and O–H groups in total. The average Bonchev–Trinajstić information content (AvgIpc) is 2.88. The molecule has 0 aromatic heterocycles. The van der Waals surface area contributed by atoms with Crippen LogP contribution in [0.2, 0.25) is 0 Å². The number of carbonyl (C=O) groups is 1. The summed E-state index contributed by atoms with van der Waals surface area (Å²) in [6, 6.07) is 19.9. The van der Waals surface area contributed by atoms with Crippen molar-refractivity contribution in [2.45, 2.75) is 19.1 Å². The van der Waals surface area contributed by atoms with Crippen LogP contribution in [0.15, 0.2) is 72.8 Å². The van der Waals surface area contributed by atoms with E-state index < -0.39 is 0 Å². The fraction of sp³-hybridized carbons (Fsp3) is 0.250. The van der Waals surface area contributed by atoms with Crippen molar-refractivity contribution in [3.8, 4) is 0 Å². The number of esters is 1. The zero-order valence-electron chi connectivity index (χ0n) is 13.0. The predicted molar refractivity (Wildman–Crippen MR) is 88.6 cm³/mol. The third-order valence-electron chi connectivity index (χ3n) is 4.12. The molecule has 0 bridgehead atoms. The largest absolute Gasteiger partial charge is 0.453 e. The van der Waals surface area contributed by atoms with E-state index in [2.05, 4.69) is 6.58 Å². The molecule has 0 amide bonds. The van der Waals surface area contributed by atoms with Gasteiger partial charge in [-0.2, -0.15) is 0 Å². The van der Waals surface area contributed by atoms with Crippen LogP contribution < -0.4 is 0 Å². The number of rotatable bonds is 6. The van der Waals surface area contributed by atoms with E-state index in [1.165, 1.54) is 0 Å². The van der Waals surface area contributed by atoms with Crippen LogP contribution in [0.25, 0.3) is 0 Å². The van der Waals surface area contributed by atoms with Gasteiger partial charge in [0, 0.05) is 18.1 Å². The lowest BCUT2D eigenvalue weighted by Gasteiger charge is -2.18. The molecule has 1 aliphatic heterocycles. The quantitative estimate of drug-likeness (QED) is 0.458. The van der Waals surface area contributed by atoms with E-state index in [1.807, 2.05) is 60.7 Å². The van der Waals surface area contributed by atoms with Crippen molar-refractivity contribution in [2.75, 3.05) is 6.61 Å². The van der Waals surface area contributed by atoms with Crippen molar-refractivity contribution < 1.29 is 14.3 Å². The van der Waals surface area contributed by atoms with Crippen molar-refractivity contribution in [3.63, 3.8) is 0 Å². The summed E-state index contributed by atoms with van der Waals surface area (Å²) in [6.45, 7) is 5.04. The summed E-state index contributed by atoms with van der Waals surface area (Å²) in [5.74, 6) is -0.326. The molecule has 1 fully saturated rings. The van der Waals surface area contributed by atoms with Gasteiger partial charge in [-0.15, -0.1) is 0 Å². The molecule has 3 heteroatoms. The molecule has 0 aliphatic carbocycles. The number of benzene rings is 2. The molecular weight excluding hydrogens is 288 g/mol. The average molecular weight is 308 g/mol. The van der Waals surface area contributed by atoms with Gasteiger partial charge in [-0.3, -0.25) is 0 Å². The van der Waals surface area contributed by atoms with Crippen LogP contribution in [0.4, 0.5) is 0 Å². The maximum absolute atomic E-state index is 11.9. The van der Waals surface area contributed by atoms with Crippen molar-refractivity contribution in [2.24, 2.45) is 5.92 Å². The lowest BCUT2D eigenvalue weighted by molar-refractivity contribution is -0.139. The second-order valence-electron chi connectivity index (χ2n) is 5.70. The minimum atomic E-state index is -0.299. The summed E-state index contributed by atoms with van der Waals surface area (Å²) < 4.78 is 11.2. The maximum atomic E-state index is 11.9. The lowest BCUT2D eigenvalue weighted by Crippen LogP contribution is -2.11. The third-order valence-corrected chi connectivity index (χ3v) is 4.12. The van der Waals surface area contributed by atoms with Crippen LogP contribution in [-0.4, -0.2) is 12.6 Å². The summed E-state index contributed by atoms with van der Waals surface area (Å²) in [5, 5.41) is 0. The van der Waals surface area contributed by atoms with Gasteiger partial charge in [0.2, 0.25) is 0 Å². The van der Waals surface area contributed by atoms with Crippen LogP contribution in [0, 0.1) is 5.92 Å². The minimum absolute atomic E-state index is 0.0272. The number of hydrogen-bond donors (Lipinski definition) is 0. The van der Waals surface area contributed by atoms with Gasteiger partial charge in [0.25, 0.3) is 0 Å². The Balaban J connectivity index is 1.58. The predicted octanol–water partition coefficient (Wildman–Crippen LogP) is 4.06. The molecule has 3 rings (SSSR count). The van der Waals surface area contributed by atoms with Crippen LogP contribution >= 0.6 is 0 Å². The van der Waals surface area contributed by atoms with Crippen molar-refractivity contribution >= 4 is 5.97 Å². The van der Waals surface area contributed by atoms with Gasteiger partial charge in [0.1, 0.15) is 6.10 Å². The minimum Gasteiger partial charge on any atom is -0.453 e. The van der Waals surface area contributed by atoms with Gasteiger partial charge in [0.15, 0.2) is 0 Å². The Labute approximate surface area is 136 Å². The molecule has 2 aromatic rings. The number of ether oxygens (including phenoxy) is 2. The Kier molecular flexibility index (Phi) is 4.89. The summed E-state index contributed by atoms with van der Waals surface area (Å²) in [5.41, 5.74) is 2.69. The zero-order chi connectivity index (χ0) is 16.1. The molecule has 1 heterocycles. The van der Waals surface area contributed by atoms with Crippen LogP contribution in [-0.2, 0) is 20.9 Å². The highest BCUT2D eigenvalue weighted by atomic mass is 16.6. The van der Waals surface area contributed by atoms with Gasteiger partial charge in [-0.05, 0) is 17.5 Å².